The van der Waals surface area contributed by atoms with Crippen molar-refractivity contribution < 1.29 is 4.42 Å². The Morgan fingerprint density at radius 2 is 2.28 bits per heavy atom. The molecule has 0 bridgehead atoms. The molecule has 0 amide bonds. The summed E-state index contributed by atoms with van der Waals surface area (Å²) in [7, 11) is 0. The highest BCUT2D eigenvalue weighted by Crippen LogP contribution is 2.26. The summed E-state index contributed by atoms with van der Waals surface area (Å²) in [5.74, 6) is 0.999. The normalized spacial score (nSPS) is 10.9. The molecule has 1 N–H and O–H groups in total. The number of furan rings is 1. The Morgan fingerprint density at radius 1 is 1.33 bits per heavy atom. The zero-order chi connectivity index (χ0) is 12.4. The van der Waals surface area contributed by atoms with Crippen molar-refractivity contribution in [2.75, 3.05) is 11.9 Å². The summed E-state index contributed by atoms with van der Waals surface area (Å²) < 4.78 is 6.51. The van der Waals surface area contributed by atoms with Crippen LogP contribution in [0.25, 0.3) is 10.2 Å². The van der Waals surface area contributed by atoms with Gasteiger partial charge in [-0.25, -0.2) is 4.98 Å². The molecule has 4 heteroatoms. The molecule has 1 aromatic carbocycles. The topological polar surface area (TPSA) is 38.1 Å². The first-order valence-electron chi connectivity index (χ1n) is 5.95. The fourth-order valence-electron chi connectivity index (χ4n) is 1.86. The zero-order valence-corrected chi connectivity index (χ0v) is 11.0. The van der Waals surface area contributed by atoms with E-state index in [2.05, 4.69) is 35.4 Å². The van der Waals surface area contributed by atoms with Gasteiger partial charge in [0.25, 0.3) is 0 Å². The number of nitrogens with one attached hydrogen (secondary N) is 1. The number of nitrogens with zero attached hydrogens (tertiary/aromatic N) is 1. The van der Waals surface area contributed by atoms with E-state index in [1.807, 2.05) is 12.1 Å². The average Bonchev–Trinajstić information content (AvgIpc) is 2.97. The fraction of sp³-hybridized carbons (Fsp3) is 0.214. The Bertz CT molecular complexity index is 643. The number of aryl methyl sites for hydroxylation is 1. The van der Waals surface area contributed by atoms with Crippen LogP contribution in [0.15, 0.2) is 41.0 Å². The van der Waals surface area contributed by atoms with E-state index in [-0.39, 0.29) is 0 Å². The lowest BCUT2D eigenvalue weighted by molar-refractivity contribution is 0.513. The van der Waals surface area contributed by atoms with Crippen LogP contribution in [0, 0.1) is 6.92 Å². The largest absolute Gasteiger partial charge is 0.469 e. The summed E-state index contributed by atoms with van der Waals surface area (Å²) in [5, 5.41) is 4.31. The highest BCUT2D eigenvalue weighted by Gasteiger charge is 2.03. The number of aromatic nitrogens is 1. The second-order valence-electron chi connectivity index (χ2n) is 4.25. The lowest BCUT2D eigenvalue weighted by atomic mass is 10.2. The Hall–Kier alpha value is -1.81. The summed E-state index contributed by atoms with van der Waals surface area (Å²) in [6.07, 6.45) is 2.58. The predicted molar refractivity (Wildman–Crippen MR) is 75.3 cm³/mol. The van der Waals surface area contributed by atoms with E-state index in [9.17, 15) is 0 Å². The van der Waals surface area contributed by atoms with E-state index >= 15 is 0 Å². The van der Waals surface area contributed by atoms with Gasteiger partial charge in [0.05, 0.1) is 16.5 Å². The van der Waals surface area contributed by atoms with Gasteiger partial charge in [0.2, 0.25) is 0 Å². The molecule has 0 saturated heterocycles. The summed E-state index contributed by atoms with van der Waals surface area (Å²) in [6.45, 7) is 2.93. The third-order valence-electron chi connectivity index (χ3n) is 2.77. The standard InChI is InChI=1S/C14H14N2OS/c1-10-4-5-13-12(9-10)16-14(18-13)15-7-6-11-3-2-8-17-11/h2-5,8-9H,6-7H2,1H3,(H,15,16). The Balaban J connectivity index is 1.67. The molecule has 3 rings (SSSR count). The zero-order valence-electron chi connectivity index (χ0n) is 10.1. The van der Waals surface area contributed by atoms with Crippen LogP contribution in [0.4, 0.5) is 5.13 Å². The van der Waals surface area contributed by atoms with Gasteiger partial charge < -0.3 is 9.73 Å². The third-order valence-corrected chi connectivity index (χ3v) is 3.76. The third kappa shape index (κ3) is 2.38. The van der Waals surface area contributed by atoms with Gasteiger partial charge in [-0.15, -0.1) is 0 Å². The molecule has 0 unspecified atom stereocenters. The highest BCUT2D eigenvalue weighted by molar-refractivity contribution is 7.22. The fourth-order valence-corrected chi connectivity index (χ4v) is 2.73. The minimum Gasteiger partial charge on any atom is -0.469 e. The van der Waals surface area contributed by atoms with Crippen LogP contribution in [-0.2, 0) is 6.42 Å². The minimum atomic E-state index is 0.840. The Morgan fingerprint density at radius 3 is 3.11 bits per heavy atom. The molecule has 0 aliphatic carbocycles. The molecular weight excluding hydrogens is 244 g/mol. The van der Waals surface area contributed by atoms with Crippen LogP contribution >= 0.6 is 11.3 Å². The summed E-state index contributed by atoms with van der Waals surface area (Å²) in [5.41, 5.74) is 2.32. The lowest BCUT2D eigenvalue weighted by Crippen LogP contribution is -2.03. The molecule has 2 aromatic heterocycles. The van der Waals surface area contributed by atoms with E-state index < -0.39 is 0 Å². The van der Waals surface area contributed by atoms with Gasteiger partial charge in [0.15, 0.2) is 5.13 Å². The molecule has 18 heavy (non-hydrogen) atoms. The number of thiazole rings is 1. The first kappa shape index (κ1) is 11.3. The van der Waals surface area contributed by atoms with Gasteiger partial charge in [0, 0.05) is 13.0 Å². The minimum absolute atomic E-state index is 0.840. The van der Waals surface area contributed by atoms with Crippen LogP contribution < -0.4 is 5.32 Å². The van der Waals surface area contributed by atoms with Gasteiger partial charge >= 0.3 is 0 Å². The summed E-state index contributed by atoms with van der Waals surface area (Å²) >= 11 is 1.69. The van der Waals surface area contributed by atoms with Crippen molar-refractivity contribution >= 4 is 26.7 Å². The van der Waals surface area contributed by atoms with Crippen LogP contribution in [0.2, 0.25) is 0 Å². The van der Waals surface area contributed by atoms with Crippen LogP contribution in [-0.4, -0.2) is 11.5 Å². The van der Waals surface area contributed by atoms with Gasteiger partial charge in [-0.2, -0.15) is 0 Å². The van der Waals surface area contributed by atoms with Crippen molar-refractivity contribution in [3.63, 3.8) is 0 Å². The molecule has 0 atom stereocenters. The highest BCUT2D eigenvalue weighted by atomic mass is 32.1. The van der Waals surface area contributed by atoms with Crippen molar-refractivity contribution in [1.29, 1.82) is 0 Å². The first-order valence-corrected chi connectivity index (χ1v) is 6.76. The van der Waals surface area contributed by atoms with Crippen molar-refractivity contribution in [3.8, 4) is 0 Å². The number of anilines is 1. The van der Waals surface area contributed by atoms with E-state index in [1.54, 1.807) is 17.6 Å². The van der Waals surface area contributed by atoms with E-state index in [1.165, 1.54) is 10.3 Å². The SMILES string of the molecule is Cc1ccc2sc(NCCc3ccco3)nc2c1. The smallest absolute Gasteiger partial charge is 0.183 e. The molecule has 0 aliphatic heterocycles. The van der Waals surface area contributed by atoms with Crippen molar-refractivity contribution in [2.24, 2.45) is 0 Å². The Labute approximate surface area is 109 Å². The monoisotopic (exact) mass is 258 g/mol. The molecular formula is C14H14N2OS. The predicted octanol–water partition coefficient (Wildman–Crippen LogP) is 3.85. The summed E-state index contributed by atoms with van der Waals surface area (Å²) in [4.78, 5) is 4.57. The number of hydrogen-bond acceptors (Lipinski definition) is 4. The van der Waals surface area contributed by atoms with E-state index in [0.717, 1.165) is 29.4 Å². The lowest BCUT2D eigenvalue weighted by Gasteiger charge is -1.99. The number of fused-ring (bicyclic) bond motifs is 1. The second-order valence-corrected chi connectivity index (χ2v) is 5.28. The van der Waals surface area contributed by atoms with E-state index in [0.29, 0.717) is 0 Å². The second kappa shape index (κ2) is 4.82. The van der Waals surface area contributed by atoms with Crippen LogP contribution in [0.1, 0.15) is 11.3 Å². The van der Waals surface area contributed by atoms with Gasteiger partial charge in [-0.05, 0) is 36.8 Å². The maximum absolute atomic E-state index is 5.29. The van der Waals surface area contributed by atoms with Crippen molar-refractivity contribution in [2.45, 2.75) is 13.3 Å². The number of hydrogen-bond donors (Lipinski definition) is 1. The summed E-state index contributed by atoms with van der Waals surface area (Å²) in [6, 6.07) is 10.3. The maximum Gasteiger partial charge on any atom is 0.183 e. The number of benzene rings is 1. The molecule has 92 valence electrons. The van der Waals surface area contributed by atoms with Crippen LogP contribution in [0.3, 0.4) is 0 Å². The molecule has 0 radical (unpaired) electrons. The van der Waals surface area contributed by atoms with Gasteiger partial charge in [0.1, 0.15) is 5.76 Å². The molecule has 2 heterocycles. The molecule has 0 fully saturated rings. The van der Waals surface area contributed by atoms with E-state index in [4.69, 9.17) is 4.42 Å². The molecule has 0 saturated carbocycles. The molecule has 3 aromatic rings. The number of rotatable bonds is 4. The molecule has 0 aliphatic rings. The van der Waals surface area contributed by atoms with Gasteiger partial charge in [-0.1, -0.05) is 17.4 Å². The quantitative estimate of drug-likeness (QED) is 0.772. The van der Waals surface area contributed by atoms with Crippen LogP contribution in [0.5, 0.6) is 0 Å². The molecule has 0 spiro atoms. The van der Waals surface area contributed by atoms with Crippen molar-refractivity contribution in [1.82, 2.24) is 4.98 Å². The maximum atomic E-state index is 5.29. The average molecular weight is 258 g/mol. The first-order chi connectivity index (χ1) is 8.81. The van der Waals surface area contributed by atoms with Crippen molar-refractivity contribution in [3.05, 3.63) is 47.9 Å². The van der Waals surface area contributed by atoms with Gasteiger partial charge in [-0.3, -0.25) is 0 Å². The Kier molecular flexibility index (Phi) is 3.02. The molecule has 3 nitrogen and oxygen atoms in total.